The van der Waals surface area contributed by atoms with Crippen LogP contribution in [0, 0.1) is 6.92 Å². The van der Waals surface area contributed by atoms with Crippen molar-refractivity contribution < 1.29 is 9.53 Å². The maximum absolute atomic E-state index is 11.8. The van der Waals surface area contributed by atoms with E-state index in [2.05, 4.69) is 16.7 Å². The van der Waals surface area contributed by atoms with E-state index in [1.807, 2.05) is 26.0 Å². The molecule has 0 spiro atoms. The average molecular weight is 262 g/mol. The molecule has 1 saturated carbocycles. The van der Waals surface area contributed by atoms with Gasteiger partial charge in [-0.1, -0.05) is 17.7 Å². The minimum Gasteiger partial charge on any atom is -0.496 e. The van der Waals surface area contributed by atoms with E-state index < -0.39 is 0 Å². The molecule has 1 aliphatic rings. The van der Waals surface area contributed by atoms with Crippen LogP contribution >= 0.6 is 0 Å². The molecular formula is C15H22N2O2. The molecule has 0 aliphatic heterocycles. The topological polar surface area (TPSA) is 50.4 Å². The molecule has 0 saturated heterocycles. The van der Waals surface area contributed by atoms with Gasteiger partial charge in [-0.25, -0.2) is 0 Å². The van der Waals surface area contributed by atoms with E-state index in [0.717, 1.165) is 24.2 Å². The minimum absolute atomic E-state index is 0.0779. The predicted molar refractivity (Wildman–Crippen MR) is 75.2 cm³/mol. The lowest BCUT2D eigenvalue weighted by atomic mass is 10.1. The Hall–Kier alpha value is -1.55. The van der Waals surface area contributed by atoms with Crippen molar-refractivity contribution in [3.05, 3.63) is 29.3 Å². The lowest BCUT2D eigenvalue weighted by Gasteiger charge is -2.15. The zero-order chi connectivity index (χ0) is 13.8. The van der Waals surface area contributed by atoms with Gasteiger partial charge in [0.1, 0.15) is 5.75 Å². The van der Waals surface area contributed by atoms with Crippen molar-refractivity contribution in [1.29, 1.82) is 0 Å². The summed E-state index contributed by atoms with van der Waals surface area (Å²) in [5.41, 5.74) is 2.27. The Morgan fingerprint density at radius 1 is 1.47 bits per heavy atom. The molecule has 1 aliphatic carbocycles. The Bertz CT molecular complexity index is 455. The molecule has 104 valence electrons. The third kappa shape index (κ3) is 3.96. The number of hydrogen-bond acceptors (Lipinski definition) is 3. The van der Waals surface area contributed by atoms with E-state index in [4.69, 9.17) is 4.74 Å². The number of benzene rings is 1. The van der Waals surface area contributed by atoms with Crippen LogP contribution in [0.25, 0.3) is 0 Å². The molecule has 1 amide bonds. The van der Waals surface area contributed by atoms with Gasteiger partial charge in [0.15, 0.2) is 0 Å². The lowest BCUT2D eigenvalue weighted by Crippen LogP contribution is -2.42. The third-order valence-corrected chi connectivity index (χ3v) is 3.35. The first kappa shape index (κ1) is 13.9. The molecule has 0 aromatic heterocycles. The first-order valence-electron chi connectivity index (χ1n) is 6.77. The van der Waals surface area contributed by atoms with Gasteiger partial charge in [0.05, 0.1) is 13.2 Å². The van der Waals surface area contributed by atoms with Crippen molar-refractivity contribution in [2.24, 2.45) is 0 Å². The van der Waals surface area contributed by atoms with Gasteiger partial charge in [-0.3, -0.25) is 4.79 Å². The smallest absolute Gasteiger partial charge is 0.237 e. The molecule has 4 nitrogen and oxygen atoms in total. The number of nitrogens with one attached hydrogen (secondary N) is 2. The molecule has 0 radical (unpaired) electrons. The molecule has 4 heteroatoms. The van der Waals surface area contributed by atoms with Crippen LogP contribution in [0.2, 0.25) is 0 Å². The van der Waals surface area contributed by atoms with Gasteiger partial charge >= 0.3 is 0 Å². The second-order valence-electron chi connectivity index (χ2n) is 5.20. The average Bonchev–Trinajstić information content (AvgIpc) is 3.20. The fraction of sp³-hybridized carbons (Fsp3) is 0.533. The number of methoxy groups -OCH3 is 1. The highest BCUT2D eigenvalue weighted by molar-refractivity contribution is 5.81. The van der Waals surface area contributed by atoms with Crippen molar-refractivity contribution in [3.63, 3.8) is 0 Å². The molecular weight excluding hydrogens is 240 g/mol. The van der Waals surface area contributed by atoms with E-state index >= 15 is 0 Å². The summed E-state index contributed by atoms with van der Waals surface area (Å²) in [5.74, 6) is 0.932. The van der Waals surface area contributed by atoms with Crippen molar-refractivity contribution in [2.45, 2.75) is 45.3 Å². The largest absolute Gasteiger partial charge is 0.496 e. The molecule has 0 heterocycles. The summed E-state index contributed by atoms with van der Waals surface area (Å²) in [6, 6.07) is 6.28. The summed E-state index contributed by atoms with van der Waals surface area (Å²) in [6.07, 6.45) is 2.23. The SMILES string of the molecule is COc1ccc(C)cc1CNC(C)C(=O)NC1CC1. The van der Waals surface area contributed by atoms with E-state index in [0.29, 0.717) is 12.6 Å². The van der Waals surface area contributed by atoms with Crippen molar-refractivity contribution in [3.8, 4) is 5.75 Å². The quantitative estimate of drug-likeness (QED) is 0.821. The van der Waals surface area contributed by atoms with Gasteiger partial charge in [-0.15, -0.1) is 0 Å². The Labute approximate surface area is 114 Å². The van der Waals surface area contributed by atoms with Crippen LogP contribution < -0.4 is 15.4 Å². The zero-order valence-corrected chi connectivity index (χ0v) is 11.8. The maximum Gasteiger partial charge on any atom is 0.237 e. The summed E-state index contributed by atoms with van der Waals surface area (Å²) in [4.78, 5) is 11.8. The molecule has 1 aromatic rings. The summed E-state index contributed by atoms with van der Waals surface area (Å²) in [7, 11) is 1.66. The fourth-order valence-corrected chi connectivity index (χ4v) is 1.96. The Kier molecular flexibility index (Phi) is 4.43. The Morgan fingerprint density at radius 2 is 2.21 bits per heavy atom. The van der Waals surface area contributed by atoms with Crippen molar-refractivity contribution >= 4 is 5.91 Å². The van der Waals surface area contributed by atoms with Gasteiger partial charge < -0.3 is 15.4 Å². The van der Waals surface area contributed by atoms with Gasteiger partial charge in [0, 0.05) is 18.2 Å². The fourth-order valence-electron chi connectivity index (χ4n) is 1.96. The summed E-state index contributed by atoms with van der Waals surface area (Å²) in [6.45, 7) is 4.57. The first-order valence-corrected chi connectivity index (χ1v) is 6.77. The number of aryl methyl sites for hydroxylation is 1. The molecule has 2 rings (SSSR count). The summed E-state index contributed by atoms with van der Waals surface area (Å²) >= 11 is 0. The molecule has 1 aromatic carbocycles. The van der Waals surface area contributed by atoms with Crippen LogP contribution in [0.15, 0.2) is 18.2 Å². The van der Waals surface area contributed by atoms with Gasteiger partial charge in [-0.2, -0.15) is 0 Å². The van der Waals surface area contributed by atoms with Gasteiger partial charge in [0.25, 0.3) is 0 Å². The van der Waals surface area contributed by atoms with E-state index in [1.54, 1.807) is 7.11 Å². The van der Waals surface area contributed by atoms with Crippen LogP contribution in [0.5, 0.6) is 5.75 Å². The van der Waals surface area contributed by atoms with Crippen LogP contribution in [-0.4, -0.2) is 25.1 Å². The number of ether oxygens (including phenoxy) is 1. The van der Waals surface area contributed by atoms with Gasteiger partial charge in [-0.05, 0) is 32.8 Å². The van der Waals surface area contributed by atoms with E-state index in [9.17, 15) is 4.79 Å². The zero-order valence-electron chi connectivity index (χ0n) is 11.8. The van der Waals surface area contributed by atoms with Crippen LogP contribution in [0.1, 0.15) is 30.9 Å². The number of carbonyl (C=O) groups excluding carboxylic acids is 1. The molecule has 1 unspecified atom stereocenters. The minimum atomic E-state index is -0.189. The number of hydrogen-bond donors (Lipinski definition) is 2. The molecule has 19 heavy (non-hydrogen) atoms. The maximum atomic E-state index is 11.8. The highest BCUT2D eigenvalue weighted by Crippen LogP contribution is 2.20. The van der Waals surface area contributed by atoms with Gasteiger partial charge in [0.2, 0.25) is 5.91 Å². The second-order valence-corrected chi connectivity index (χ2v) is 5.20. The van der Waals surface area contributed by atoms with Crippen molar-refractivity contribution in [1.82, 2.24) is 10.6 Å². The molecule has 0 bridgehead atoms. The normalized spacial score (nSPS) is 15.9. The highest BCUT2D eigenvalue weighted by Gasteiger charge is 2.25. The molecule has 2 N–H and O–H groups in total. The molecule has 1 atom stereocenters. The third-order valence-electron chi connectivity index (χ3n) is 3.35. The summed E-state index contributed by atoms with van der Waals surface area (Å²) < 4.78 is 5.33. The lowest BCUT2D eigenvalue weighted by molar-refractivity contribution is -0.122. The predicted octanol–water partition coefficient (Wildman–Crippen LogP) is 1.76. The monoisotopic (exact) mass is 262 g/mol. The van der Waals surface area contributed by atoms with Crippen molar-refractivity contribution in [2.75, 3.05) is 7.11 Å². The van der Waals surface area contributed by atoms with Crippen LogP contribution in [0.4, 0.5) is 0 Å². The number of rotatable bonds is 6. The van der Waals surface area contributed by atoms with E-state index in [1.165, 1.54) is 5.56 Å². The molecule has 1 fully saturated rings. The second kappa shape index (κ2) is 6.06. The number of amides is 1. The number of carbonyl (C=O) groups is 1. The highest BCUT2D eigenvalue weighted by atomic mass is 16.5. The van der Waals surface area contributed by atoms with E-state index in [-0.39, 0.29) is 11.9 Å². The van der Waals surface area contributed by atoms with Crippen LogP contribution in [-0.2, 0) is 11.3 Å². The standard InChI is InChI=1S/C15H22N2O2/c1-10-4-7-14(19-3)12(8-10)9-16-11(2)15(18)17-13-5-6-13/h4,7-8,11,13,16H,5-6,9H2,1-3H3,(H,17,18). The Balaban J connectivity index is 1.89. The summed E-state index contributed by atoms with van der Waals surface area (Å²) in [5, 5.41) is 6.24. The first-order chi connectivity index (χ1) is 9.10. The van der Waals surface area contributed by atoms with Crippen LogP contribution in [0.3, 0.4) is 0 Å². The Morgan fingerprint density at radius 3 is 2.84 bits per heavy atom.